The van der Waals surface area contributed by atoms with Gasteiger partial charge in [-0.25, -0.2) is 14.5 Å². The second-order valence-electron chi connectivity index (χ2n) is 4.25. The van der Waals surface area contributed by atoms with Gasteiger partial charge in [-0.15, -0.1) is 5.56 Å². The first-order valence-electron chi connectivity index (χ1n) is 5.72. The van der Waals surface area contributed by atoms with Crippen LogP contribution in [-0.4, -0.2) is 19.6 Å². The van der Waals surface area contributed by atoms with E-state index < -0.39 is 11.9 Å². The van der Waals surface area contributed by atoms with Gasteiger partial charge in [0.2, 0.25) is 0 Å². The molecule has 0 aliphatic carbocycles. The summed E-state index contributed by atoms with van der Waals surface area (Å²) in [5, 5.41) is 3.76. The smallest absolute Gasteiger partial charge is 0.219 e. The standard InChI is InChI=1S/C13H8F3N4.Y/c1-8-2-4-9(5-3-8)10-6-17-12-19-11(13(14,15)16)7-18-20(10)12;/h2,4-7H,1H3;/q-1;. The van der Waals surface area contributed by atoms with Crippen LogP contribution in [-0.2, 0) is 38.9 Å². The minimum absolute atomic E-state index is 0. The number of nitrogens with zero attached hydrogens (tertiary/aromatic N) is 4. The Morgan fingerprint density at radius 3 is 2.57 bits per heavy atom. The third-order valence-corrected chi connectivity index (χ3v) is 2.79. The van der Waals surface area contributed by atoms with E-state index in [0.29, 0.717) is 11.9 Å². The summed E-state index contributed by atoms with van der Waals surface area (Å²) >= 11 is 0. The molecule has 0 spiro atoms. The van der Waals surface area contributed by atoms with Crippen LogP contribution in [0.1, 0.15) is 11.3 Å². The van der Waals surface area contributed by atoms with Crippen molar-refractivity contribution in [2.24, 2.45) is 0 Å². The molecule has 0 saturated carbocycles. The predicted molar refractivity (Wildman–Crippen MR) is 64.8 cm³/mol. The van der Waals surface area contributed by atoms with Crippen LogP contribution in [0.15, 0.2) is 30.6 Å². The molecule has 0 aliphatic rings. The van der Waals surface area contributed by atoms with Crippen LogP contribution in [0.4, 0.5) is 13.2 Å². The summed E-state index contributed by atoms with van der Waals surface area (Å²) < 4.78 is 38.9. The Morgan fingerprint density at radius 1 is 1.19 bits per heavy atom. The van der Waals surface area contributed by atoms with Gasteiger partial charge in [0, 0.05) is 44.6 Å². The van der Waals surface area contributed by atoms with E-state index in [1.165, 1.54) is 10.7 Å². The van der Waals surface area contributed by atoms with E-state index in [2.05, 4.69) is 21.1 Å². The molecule has 0 bridgehead atoms. The molecular weight excluding hydrogens is 358 g/mol. The molecular formula is C13H8F3N4Y-. The Labute approximate surface area is 143 Å². The number of rotatable bonds is 1. The third-order valence-electron chi connectivity index (χ3n) is 2.79. The van der Waals surface area contributed by atoms with E-state index in [4.69, 9.17) is 0 Å². The van der Waals surface area contributed by atoms with Crippen LogP contribution in [0.25, 0.3) is 17.0 Å². The molecule has 105 valence electrons. The molecule has 0 saturated heterocycles. The zero-order valence-corrected chi connectivity index (χ0v) is 13.7. The molecule has 0 N–H and O–H groups in total. The average molecular weight is 366 g/mol. The number of benzene rings is 1. The van der Waals surface area contributed by atoms with Crippen molar-refractivity contribution in [3.8, 4) is 11.3 Å². The van der Waals surface area contributed by atoms with Gasteiger partial charge in [-0.2, -0.15) is 48.1 Å². The molecule has 0 amide bonds. The van der Waals surface area contributed by atoms with Gasteiger partial charge in [-0.1, -0.05) is 6.92 Å². The zero-order valence-electron chi connectivity index (χ0n) is 10.9. The van der Waals surface area contributed by atoms with E-state index in [1.54, 1.807) is 6.07 Å². The van der Waals surface area contributed by atoms with Gasteiger partial charge in [0.1, 0.15) is 0 Å². The summed E-state index contributed by atoms with van der Waals surface area (Å²) in [7, 11) is 0. The molecule has 0 unspecified atom stereocenters. The van der Waals surface area contributed by atoms with E-state index in [-0.39, 0.29) is 38.5 Å². The van der Waals surface area contributed by atoms with Crippen molar-refractivity contribution in [3.63, 3.8) is 0 Å². The first-order valence-corrected chi connectivity index (χ1v) is 5.72. The molecule has 2 heterocycles. The van der Waals surface area contributed by atoms with Crippen molar-refractivity contribution in [2.75, 3.05) is 0 Å². The first-order chi connectivity index (χ1) is 9.45. The van der Waals surface area contributed by atoms with Gasteiger partial charge in [0.05, 0.1) is 6.20 Å². The largest absolute Gasteiger partial charge is 0.435 e. The molecule has 0 fully saturated rings. The summed E-state index contributed by atoms with van der Waals surface area (Å²) in [5.41, 5.74) is 1.24. The normalized spacial score (nSPS) is 11.4. The topological polar surface area (TPSA) is 43.1 Å². The fourth-order valence-electron chi connectivity index (χ4n) is 1.77. The van der Waals surface area contributed by atoms with E-state index in [9.17, 15) is 13.2 Å². The maximum atomic E-state index is 12.5. The van der Waals surface area contributed by atoms with Crippen LogP contribution in [0.3, 0.4) is 0 Å². The SMILES string of the molecule is Cc1[c-]cc(-c2cnc3nc(C(F)(F)F)cnn23)cc1.[Y]. The molecule has 4 nitrogen and oxygen atoms in total. The number of hydrogen-bond donors (Lipinski definition) is 0. The van der Waals surface area contributed by atoms with Gasteiger partial charge < -0.3 is 0 Å². The summed E-state index contributed by atoms with van der Waals surface area (Å²) in [6.45, 7) is 1.90. The van der Waals surface area contributed by atoms with E-state index in [0.717, 1.165) is 11.1 Å². The number of aromatic nitrogens is 4. The average Bonchev–Trinajstić information content (AvgIpc) is 2.81. The van der Waals surface area contributed by atoms with Crippen LogP contribution < -0.4 is 0 Å². The van der Waals surface area contributed by atoms with Crippen molar-refractivity contribution in [1.29, 1.82) is 0 Å². The molecule has 21 heavy (non-hydrogen) atoms. The number of aryl methyl sites for hydroxylation is 1. The molecule has 3 rings (SSSR count). The van der Waals surface area contributed by atoms with Crippen molar-refractivity contribution >= 4 is 5.78 Å². The molecule has 0 atom stereocenters. The summed E-state index contributed by atoms with van der Waals surface area (Å²) in [5.74, 6) is -0.0876. The van der Waals surface area contributed by atoms with Gasteiger partial charge in [-0.3, -0.25) is 0 Å². The fraction of sp³-hybridized carbons (Fsp3) is 0.154. The van der Waals surface area contributed by atoms with Crippen LogP contribution in [0.5, 0.6) is 0 Å². The van der Waals surface area contributed by atoms with Crippen molar-refractivity contribution < 1.29 is 45.9 Å². The van der Waals surface area contributed by atoms with Gasteiger partial charge in [0.15, 0.2) is 5.69 Å². The monoisotopic (exact) mass is 366 g/mol. The Morgan fingerprint density at radius 2 is 1.95 bits per heavy atom. The zero-order chi connectivity index (χ0) is 14.3. The summed E-state index contributed by atoms with van der Waals surface area (Å²) in [6.07, 6.45) is -2.40. The Kier molecular flexibility index (Phi) is 4.44. The van der Waals surface area contributed by atoms with Gasteiger partial charge in [-0.05, 0) is 0 Å². The third kappa shape index (κ3) is 3.13. The second-order valence-corrected chi connectivity index (χ2v) is 4.25. The number of halogens is 3. The van der Waals surface area contributed by atoms with Crippen molar-refractivity contribution in [1.82, 2.24) is 19.6 Å². The Bertz CT molecular complexity index is 765. The van der Waals surface area contributed by atoms with Crippen LogP contribution in [0.2, 0.25) is 0 Å². The molecule has 1 radical (unpaired) electrons. The molecule has 3 aromatic rings. The van der Waals surface area contributed by atoms with Crippen molar-refractivity contribution in [3.05, 3.63) is 47.9 Å². The molecule has 1 aromatic carbocycles. The number of fused-ring (bicyclic) bond motifs is 1. The summed E-state index contributed by atoms with van der Waals surface area (Å²) in [4.78, 5) is 7.33. The number of alkyl halides is 3. The van der Waals surface area contributed by atoms with Gasteiger partial charge >= 0.3 is 6.18 Å². The van der Waals surface area contributed by atoms with Gasteiger partial charge in [0.25, 0.3) is 5.78 Å². The maximum absolute atomic E-state index is 12.5. The van der Waals surface area contributed by atoms with E-state index >= 15 is 0 Å². The second kappa shape index (κ2) is 5.81. The molecule has 8 heteroatoms. The first kappa shape index (κ1) is 16.0. The summed E-state index contributed by atoms with van der Waals surface area (Å²) in [6, 6.07) is 8.43. The van der Waals surface area contributed by atoms with Crippen LogP contribution in [0, 0.1) is 13.0 Å². The Hall–Kier alpha value is -1.34. The van der Waals surface area contributed by atoms with Crippen molar-refractivity contribution in [2.45, 2.75) is 13.1 Å². The number of imidazole rings is 1. The number of hydrogen-bond acceptors (Lipinski definition) is 3. The maximum Gasteiger partial charge on any atom is 0.435 e. The minimum Gasteiger partial charge on any atom is -0.219 e. The quantitative estimate of drug-likeness (QED) is 0.622. The van der Waals surface area contributed by atoms with E-state index in [1.807, 2.05) is 19.1 Å². The predicted octanol–water partition coefficient (Wildman–Crippen LogP) is 2.92. The Balaban J connectivity index is 0.00000161. The molecule has 2 aromatic heterocycles. The molecule has 0 aliphatic heterocycles. The van der Waals surface area contributed by atoms with Crippen LogP contribution >= 0.6 is 0 Å². The minimum atomic E-state index is -4.53. The fourth-order valence-corrected chi connectivity index (χ4v) is 1.77.